The van der Waals surface area contributed by atoms with Gasteiger partial charge in [-0.25, -0.2) is 0 Å². The molecule has 4 aromatic carbocycles. The normalized spacial score (nSPS) is 19.4. The number of esters is 2. The molecule has 0 radical (unpaired) electrons. The molecule has 6 nitrogen and oxygen atoms in total. The highest BCUT2D eigenvalue weighted by atomic mass is 16.5. The van der Waals surface area contributed by atoms with E-state index in [0.717, 1.165) is 22.3 Å². The van der Waals surface area contributed by atoms with Gasteiger partial charge in [0.25, 0.3) is 0 Å². The molecule has 2 unspecified atom stereocenters. The summed E-state index contributed by atoms with van der Waals surface area (Å²) in [4.78, 5) is 28.1. The Morgan fingerprint density at radius 1 is 0.600 bits per heavy atom. The fourth-order valence-corrected chi connectivity index (χ4v) is 6.67. The molecule has 1 aliphatic carbocycles. The van der Waals surface area contributed by atoms with Crippen LogP contribution in [0.3, 0.4) is 0 Å². The molecule has 40 heavy (non-hydrogen) atoms. The van der Waals surface area contributed by atoms with Crippen LogP contribution in [0.25, 0.3) is 0 Å². The molecule has 0 saturated heterocycles. The number of benzene rings is 4. The van der Waals surface area contributed by atoms with Crippen molar-refractivity contribution >= 4 is 11.9 Å². The van der Waals surface area contributed by atoms with E-state index in [1.807, 2.05) is 84.9 Å². The average molecular weight is 537 g/mol. The van der Waals surface area contributed by atoms with Gasteiger partial charge in [-0.1, -0.05) is 84.9 Å². The second-order valence-corrected chi connectivity index (χ2v) is 10.4. The van der Waals surface area contributed by atoms with E-state index in [2.05, 4.69) is 0 Å². The molecule has 0 bridgehead atoms. The molecular formula is C34H32O6. The standard InChI is InChI=1S/C34H32O6/c1-39-31(37)34(32(38)40-2)29(23-9-5-3-6-10-23)21-33(25-13-17-27(35)18-14-25,26-15-19-28(36)20-16-26)22-30(34)24-11-7-4-8-12-24/h3-20,29-30,35-36H,21-22H2,1-2H3. The number of aromatic hydroxyl groups is 2. The number of phenolic OH excluding ortho intramolecular Hbond substituents is 2. The predicted molar refractivity (Wildman–Crippen MR) is 151 cm³/mol. The number of rotatable bonds is 6. The Kier molecular flexibility index (Phi) is 7.35. The van der Waals surface area contributed by atoms with Gasteiger partial charge in [-0.05, 0) is 59.4 Å². The van der Waals surface area contributed by atoms with Crippen molar-refractivity contribution in [2.75, 3.05) is 14.2 Å². The van der Waals surface area contributed by atoms with Crippen molar-refractivity contribution in [3.63, 3.8) is 0 Å². The highest BCUT2D eigenvalue weighted by Gasteiger charge is 2.66. The van der Waals surface area contributed by atoms with E-state index >= 15 is 0 Å². The molecular weight excluding hydrogens is 504 g/mol. The molecule has 5 rings (SSSR count). The summed E-state index contributed by atoms with van der Waals surface area (Å²) in [5, 5.41) is 20.3. The molecule has 1 aliphatic rings. The highest BCUT2D eigenvalue weighted by molar-refractivity contribution is 6.03. The molecule has 6 heteroatoms. The Bertz CT molecular complexity index is 1350. The summed E-state index contributed by atoms with van der Waals surface area (Å²) in [5.41, 5.74) is 1.06. The average Bonchev–Trinajstić information content (AvgIpc) is 3.01. The van der Waals surface area contributed by atoms with Crippen LogP contribution in [0, 0.1) is 5.41 Å². The maximum absolute atomic E-state index is 14.0. The summed E-state index contributed by atoms with van der Waals surface area (Å²) in [6.45, 7) is 0. The number of carbonyl (C=O) groups is 2. The minimum atomic E-state index is -1.68. The first-order chi connectivity index (χ1) is 19.4. The van der Waals surface area contributed by atoms with Crippen LogP contribution in [-0.4, -0.2) is 36.4 Å². The van der Waals surface area contributed by atoms with Gasteiger partial charge in [-0.2, -0.15) is 0 Å². The zero-order valence-electron chi connectivity index (χ0n) is 22.5. The van der Waals surface area contributed by atoms with Gasteiger partial charge in [0.15, 0.2) is 5.41 Å². The smallest absolute Gasteiger partial charge is 0.324 e. The van der Waals surface area contributed by atoms with Gasteiger partial charge >= 0.3 is 11.9 Å². The van der Waals surface area contributed by atoms with Crippen LogP contribution >= 0.6 is 0 Å². The second kappa shape index (κ2) is 10.9. The van der Waals surface area contributed by atoms with Crippen molar-refractivity contribution in [2.24, 2.45) is 5.41 Å². The maximum Gasteiger partial charge on any atom is 0.324 e. The van der Waals surface area contributed by atoms with Crippen LogP contribution in [0.15, 0.2) is 109 Å². The third-order valence-corrected chi connectivity index (χ3v) is 8.49. The van der Waals surface area contributed by atoms with Gasteiger partial charge < -0.3 is 19.7 Å². The van der Waals surface area contributed by atoms with Gasteiger partial charge in [0.2, 0.25) is 0 Å². The first-order valence-corrected chi connectivity index (χ1v) is 13.2. The van der Waals surface area contributed by atoms with Gasteiger partial charge in [-0.15, -0.1) is 0 Å². The minimum Gasteiger partial charge on any atom is -0.508 e. The summed E-state index contributed by atoms with van der Waals surface area (Å²) in [6, 6.07) is 33.2. The molecule has 0 heterocycles. The SMILES string of the molecule is COC(=O)C1(C(=O)OC)C(c2ccccc2)CC(c2ccc(O)cc2)(c2ccc(O)cc2)CC1c1ccccc1. The third kappa shape index (κ3) is 4.39. The minimum absolute atomic E-state index is 0.137. The summed E-state index contributed by atoms with van der Waals surface area (Å²) >= 11 is 0. The number of phenols is 2. The lowest BCUT2D eigenvalue weighted by atomic mass is 9.47. The van der Waals surface area contributed by atoms with Crippen molar-refractivity contribution in [2.45, 2.75) is 30.1 Å². The van der Waals surface area contributed by atoms with Crippen LogP contribution < -0.4 is 0 Å². The molecule has 0 amide bonds. The van der Waals surface area contributed by atoms with E-state index in [9.17, 15) is 19.8 Å². The molecule has 0 aromatic heterocycles. The van der Waals surface area contributed by atoms with Gasteiger partial charge in [-0.3, -0.25) is 9.59 Å². The molecule has 2 N–H and O–H groups in total. The lowest BCUT2D eigenvalue weighted by Crippen LogP contribution is -2.57. The first-order valence-electron chi connectivity index (χ1n) is 13.2. The summed E-state index contributed by atoms with van der Waals surface area (Å²) < 4.78 is 10.8. The topological polar surface area (TPSA) is 93.1 Å². The Labute approximate surface area is 233 Å². The second-order valence-electron chi connectivity index (χ2n) is 10.4. The van der Waals surface area contributed by atoms with E-state index in [-0.39, 0.29) is 11.5 Å². The Hall–Kier alpha value is -4.58. The van der Waals surface area contributed by atoms with Crippen LogP contribution in [0.1, 0.15) is 46.9 Å². The van der Waals surface area contributed by atoms with Crippen molar-refractivity contribution in [1.82, 2.24) is 0 Å². The zero-order chi connectivity index (χ0) is 28.3. The maximum atomic E-state index is 14.0. The first kappa shape index (κ1) is 27.0. The number of ether oxygens (including phenoxy) is 2. The van der Waals surface area contributed by atoms with Crippen molar-refractivity contribution in [3.05, 3.63) is 131 Å². The van der Waals surface area contributed by atoms with E-state index in [1.165, 1.54) is 14.2 Å². The molecule has 0 spiro atoms. The predicted octanol–water partition coefficient (Wildman–Crippen LogP) is 6.08. The summed E-state index contributed by atoms with van der Waals surface area (Å²) in [5.74, 6) is -2.30. The monoisotopic (exact) mass is 536 g/mol. The van der Waals surface area contributed by atoms with E-state index in [0.29, 0.717) is 12.8 Å². The van der Waals surface area contributed by atoms with Crippen LogP contribution in [0.5, 0.6) is 11.5 Å². The van der Waals surface area contributed by atoms with Crippen molar-refractivity contribution in [1.29, 1.82) is 0 Å². The lowest BCUT2D eigenvalue weighted by molar-refractivity contribution is -0.176. The molecule has 0 aliphatic heterocycles. The Morgan fingerprint density at radius 2 is 0.950 bits per heavy atom. The van der Waals surface area contributed by atoms with Gasteiger partial charge in [0, 0.05) is 17.3 Å². The van der Waals surface area contributed by atoms with Crippen LogP contribution in [0.2, 0.25) is 0 Å². The molecule has 2 atom stereocenters. The van der Waals surface area contributed by atoms with E-state index < -0.39 is 34.6 Å². The zero-order valence-corrected chi connectivity index (χ0v) is 22.5. The van der Waals surface area contributed by atoms with Crippen LogP contribution in [0.4, 0.5) is 0 Å². The third-order valence-electron chi connectivity index (χ3n) is 8.49. The molecule has 1 fully saturated rings. The largest absolute Gasteiger partial charge is 0.508 e. The van der Waals surface area contributed by atoms with Crippen LogP contribution in [-0.2, 0) is 24.5 Å². The lowest BCUT2D eigenvalue weighted by Gasteiger charge is -2.53. The van der Waals surface area contributed by atoms with Crippen molar-refractivity contribution < 1.29 is 29.3 Å². The Balaban J connectivity index is 1.88. The van der Waals surface area contributed by atoms with E-state index in [4.69, 9.17) is 9.47 Å². The molecule has 204 valence electrons. The van der Waals surface area contributed by atoms with Gasteiger partial charge in [0.1, 0.15) is 11.5 Å². The summed E-state index contributed by atoms with van der Waals surface area (Å²) in [6.07, 6.45) is 0.722. The molecule has 4 aromatic rings. The van der Waals surface area contributed by atoms with Crippen molar-refractivity contribution in [3.8, 4) is 11.5 Å². The van der Waals surface area contributed by atoms with E-state index in [1.54, 1.807) is 24.3 Å². The fraction of sp³-hybridized carbons (Fsp3) is 0.235. The highest BCUT2D eigenvalue weighted by Crippen LogP contribution is 2.63. The number of carbonyl (C=O) groups excluding carboxylic acids is 2. The fourth-order valence-electron chi connectivity index (χ4n) is 6.67. The Morgan fingerprint density at radius 3 is 1.27 bits per heavy atom. The number of hydrogen-bond acceptors (Lipinski definition) is 6. The summed E-state index contributed by atoms with van der Waals surface area (Å²) in [7, 11) is 2.61. The molecule has 1 saturated carbocycles. The quantitative estimate of drug-likeness (QED) is 0.229. The van der Waals surface area contributed by atoms with Gasteiger partial charge in [0.05, 0.1) is 14.2 Å². The number of methoxy groups -OCH3 is 2. The number of hydrogen-bond donors (Lipinski definition) is 2.